The van der Waals surface area contributed by atoms with Crippen LogP contribution in [0, 0.1) is 6.92 Å². The number of likely N-dealkylation sites (tertiary alicyclic amines) is 1. The third kappa shape index (κ3) is 3.28. The Hall–Kier alpha value is -1.62. The van der Waals surface area contributed by atoms with E-state index in [1.54, 1.807) is 0 Å². The number of pyridine rings is 1. The van der Waals surface area contributed by atoms with Crippen molar-refractivity contribution in [2.45, 2.75) is 26.3 Å². The lowest BCUT2D eigenvalue weighted by Crippen LogP contribution is -2.34. The summed E-state index contributed by atoms with van der Waals surface area (Å²) in [6.07, 6.45) is 1.04. The third-order valence-electron chi connectivity index (χ3n) is 3.74. The summed E-state index contributed by atoms with van der Waals surface area (Å²) in [5, 5.41) is 3.17. The van der Waals surface area contributed by atoms with Gasteiger partial charge in [0.2, 0.25) is 0 Å². The number of hydrogen-bond acceptors (Lipinski definition) is 4. The van der Waals surface area contributed by atoms with Crippen molar-refractivity contribution in [3.8, 4) is 0 Å². The molecule has 0 saturated carbocycles. The number of aromatic nitrogens is 1. The van der Waals surface area contributed by atoms with Gasteiger partial charge in [-0.2, -0.15) is 0 Å². The van der Waals surface area contributed by atoms with Gasteiger partial charge in [-0.05, 0) is 46.5 Å². The van der Waals surface area contributed by atoms with Gasteiger partial charge in [-0.3, -0.25) is 4.79 Å². The van der Waals surface area contributed by atoms with Crippen molar-refractivity contribution in [3.05, 3.63) is 23.4 Å². The maximum Gasteiger partial charge on any atom is 0.254 e. The van der Waals surface area contributed by atoms with Crippen molar-refractivity contribution < 1.29 is 4.79 Å². The van der Waals surface area contributed by atoms with Gasteiger partial charge in [0.25, 0.3) is 5.91 Å². The van der Waals surface area contributed by atoms with Crippen LogP contribution in [0.25, 0.3) is 0 Å². The van der Waals surface area contributed by atoms with Crippen molar-refractivity contribution in [3.63, 3.8) is 0 Å². The molecule has 1 aromatic heterocycles. The summed E-state index contributed by atoms with van der Waals surface area (Å²) in [5.41, 5.74) is 1.60. The second kappa shape index (κ2) is 6.22. The zero-order chi connectivity index (χ0) is 14.7. The number of amides is 1. The Morgan fingerprint density at radius 1 is 1.50 bits per heavy atom. The van der Waals surface area contributed by atoms with Crippen LogP contribution in [0.4, 0.5) is 5.82 Å². The van der Waals surface area contributed by atoms with E-state index in [4.69, 9.17) is 0 Å². The van der Waals surface area contributed by atoms with Crippen LogP contribution < -0.4 is 5.32 Å². The molecule has 20 heavy (non-hydrogen) atoms. The minimum absolute atomic E-state index is 0.110. The third-order valence-corrected chi connectivity index (χ3v) is 3.74. The molecule has 1 aliphatic rings. The van der Waals surface area contributed by atoms with Crippen LogP contribution in [0.15, 0.2) is 12.1 Å². The summed E-state index contributed by atoms with van der Waals surface area (Å²) in [6.45, 7) is 6.39. The Morgan fingerprint density at radius 2 is 2.25 bits per heavy atom. The number of aryl methyl sites for hydroxylation is 1. The van der Waals surface area contributed by atoms with E-state index in [9.17, 15) is 4.79 Å². The maximum absolute atomic E-state index is 12.6. The summed E-state index contributed by atoms with van der Waals surface area (Å²) in [6, 6.07) is 4.18. The van der Waals surface area contributed by atoms with Gasteiger partial charge < -0.3 is 15.1 Å². The second-order valence-electron chi connectivity index (χ2n) is 5.57. The zero-order valence-corrected chi connectivity index (χ0v) is 12.8. The van der Waals surface area contributed by atoms with Gasteiger partial charge in [0.1, 0.15) is 5.82 Å². The fraction of sp³-hybridized carbons (Fsp3) is 0.600. The highest BCUT2D eigenvalue weighted by Crippen LogP contribution is 2.18. The Labute approximate surface area is 121 Å². The number of nitrogens with one attached hydrogen (secondary N) is 1. The van der Waals surface area contributed by atoms with Gasteiger partial charge in [0.05, 0.1) is 0 Å². The quantitative estimate of drug-likeness (QED) is 0.907. The lowest BCUT2D eigenvalue weighted by Gasteiger charge is -2.20. The lowest BCUT2D eigenvalue weighted by molar-refractivity contribution is 0.0783. The molecule has 5 nitrogen and oxygen atoms in total. The topological polar surface area (TPSA) is 48.5 Å². The maximum atomic E-state index is 12.6. The first-order valence-corrected chi connectivity index (χ1v) is 7.19. The van der Waals surface area contributed by atoms with Crippen molar-refractivity contribution in [1.29, 1.82) is 0 Å². The van der Waals surface area contributed by atoms with Crippen LogP contribution in [0.2, 0.25) is 0 Å². The van der Waals surface area contributed by atoms with E-state index in [-0.39, 0.29) is 5.91 Å². The minimum Gasteiger partial charge on any atom is -0.370 e. The van der Waals surface area contributed by atoms with Gasteiger partial charge >= 0.3 is 0 Å². The highest BCUT2D eigenvalue weighted by Gasteiger charge is 2.28. The van der Waals surface area contributed by atoms with Gasteiger partial charge in [0, 0.05) is 36.9 Å². The number of carbonyl (C=O) groups is 1. The average molecular weight is 276 g/mol. The van der Waals surface area contributed by atoms with Crippen LogP contribution in [0.3, 0.4) is 0 Å². The first kappa shape index (κ1) is 14.8. The van der Waals surface area contributed by atoms with Crippen molar-refractivity contribution >= 4 is 11.7 Å². The molecule has 0 spiro atoms. The van der Waals surface area contributed by atoms with E-state index >= 15 is 0 Å². The predicted molar refractivity (Wildman–Crippen MR) is 81.1 cm³/mol. The molecule has 110 valence electrons. The van der Waals surface area contributed by atoms with Crippen LogP contribution in [-0.2, 0) is 0 Å². The molecule has 0 bridgehead atoms. The molecule has 1 atom stereocenters. The molecule has 2 heterocycles. The molecule has 0 aliphatic carbocycles. The van der Waals surface area contributed by atoms with E-state index in [2.05, 4.69) is 29.3 Å². The number of nitrogens with zero attached hydrogens (tertiary/aromatic N) is 3. The zero-order valence-electron chi connectivity index (χ0n) is 12.8. The van der Waals surface area contributed by atoms with E-state index in [1.807, 2.05) is 30.9 Å². The molecule has 1 unspecified atom stereocenters. The molecule has 1 N–H and O–H groups in total. The average Bonchev–Trinajstić information content (AvgIpc) is 2.87. The Bertz CT molecular complexity index is 487. The monoisotopic (exact) mass is 276 g/mol. The first-order chi connectivity index (χ1) is 9.51. The SMILES string of the molecule is CCNc1cc(C(=O)N2CCC(N(C)C)C2)cc(C)n1. The summed E-state index contributed by atoms with van der Waals surface area (Å²) in [4.78, 5) is 21.1. The van der Waals surface area contributed by atoms with Crippen molar-refractivity contribution in [1.82, 2.24) is 14.8 Å². The minimum atomic E-state index is 0.110. The van der Waals surface area contributed by atoms with E-state index in [0.717, 1.165) is 43.1 Å². The molecule has 1 saturated heterocycles. The van der Waals surface area contributed by atoms with Crippen LogP contribution in [0.1, 0.15) is 29.4 Å². The van der Waals surface area contributed by atoms with Crippen molar-refractivity contribution in [2.24, 2.45) is 0 Å². The summed E-state index contributed by atoms with van der Waals surface area (Å²) in [5.74, 6) is 0.887. The largest absolute Gasteiger partial charge is 0.370 e. The highest BCUT2D eigenvalue weighted by molar-refractivity contribution is 5.95. The summed E-state index contributed by atoms with van der Waals surface area (Å²) < 4.78 is 0. The number of carbonyl (C=O) groups excluding carboxylic acids is 1. The normalized spacial score (nSPS) is 18.6. The van der Waals surface area contributed by atoms with E-state index < -0.39 is 0 Å². The van der Waals surface area contributed by atoms with Gasteiger partial charge in [-0.15, -0.1) is 0 Å². The fourth-order valence-corrected chi connectivity index (χ4v) is 2.59. The molecule has 2 rings (SSSR count). The number of likely N-dealkylation sites (N-methyl/N-ethyl adjacent to an activating group) is 1. The molecule has 1 fully saturated rings. The molecule has 1 aromatic rings. The van der Waals surface area contributed by atoms with Crippen LogP contribution in [-0.4, -0.2) is 60.5 Å². The van der Waals surface area contributed by atoms with Crippen LogP contribution in [0.5, 0.6) is 0 Å². The smallest absolute Gasteiger partial charge is 0.254 e. The number of anilines is 1. The predicted octanol–water partition coefficient (Wildman–Crippen LogP) is 1.60. The molecule has 0 aromatic carbocycles. The lowest BCUT2D eigenvalue weighted by atomic mass is 10.2. The molecule has 5 heteroatoms. The van der Waals surface area contributed by atoms with E-state index in [1.165, 1.54) is 0 Å². The Balaban J connectivity index is 2.13. The van der Waals surface area contributed by atoms with Gasteiger partial charge in [0.15, 0.2) is 0 Å². The Morgan fingerprint density at radius 3 is 2.85 bits per heavy atom. The summed E-state index contributed by atoms with van der Waals surface area (Å²) >= 11 is 0. The molecular formula is C15H24N4O. The molecule has 1 aliphatic heterocycles. The van der Waals surface area contributed by atoms with Crippen molar-refractivity contribution in [2.75, 3.05) is 39.0 Å². The molecule has 1 amide bonds. The standard InChI is InChI=1S/C15H24N4O/c1-5-16-14-9-12(8-11(2)17-14)15(20)19-7-6-13(10-19)18(3)4/h8-9,13H,5-7,10H2,1-4H3,(H,16,17). The number of hydrogen-bond donors (Lipinski definition) is 1. The fourth-order valence-electron chi connectivity index (χ4n) is 2.59. The second-order valence-corrected chi connectivity index (χ2v) is 5.57. The van der Waals surface area contributed by atoms with E-state index in [0.29, 0.717) is 6.04 Å². The molecular weight excluding hydrogens is 252 g/mol. The van der Waals surface area contributed by atoms with Gasteiger partial charge in [-0.25, -0.2) is 4.98 Å². The van der Waals surface area contributed by atoms with Gasteiger partial charge in [-0.1, -0.05) is 0 Å². The van der Waals surface area contributed by atoms with Crippen LogP contribution >= 0.6 is 0 Å². The summed E-state index contributed by atoms with van der Waals surface area (Å²) in [7, 11) is 4.14. The first-order valence-electron chi connectivity index (χ1n) is 7.19. The molecule has 0 radical (unpaired) electrons. The Kier molecular flexibility index (Phi) is 4.60. The number of rotatable bonds is 4. The highest BCUT2D eigenvalue weighted by atomic mass is 16.2.